The molecule has 0 atom stereocenters. The third kappa shape index (κ3) is 3.25. The van der Waals surface area contributed by atoms with E-state index in [-0.39, 0.29) is 11.6 Å². The SMILES string of the molecule is CCNC(=O)c1ccc(-n2nnc(C(=O)O)c2-c2ccccc2)cc1. The van der Waals surface area contributed by atoms with E-state index in [1.54, 1.807) is 36.4 Å². The largest absolute Gasteiger partial charge is 0.476 e. The number of aromatic nitrogens is 3. The van der Waals surface area contributed by atoms with Crippen molar-refractivity contribution < 1.29 is 14.7 Å². The summed E-state index contributed by atoms with van der Waals surface area (Å²) in [5.41, 5.74) is 2.09. The quantitative estimate of drug-likeness (QED) is 0.745. The van der Waals surface area contributed by atoms with Gasteiger partial charge in [-0.25, -0.2) is 9.48 Å². The summed E-state index contributed by atoms with van der Waals surface area (Å²) >= 11 is 0. The predicted octanol–water partition coefficient (Wildman–Crippen LogP) is 2.38. The van der Waals surface area contributed by atoms with Crippen LogP contribution < -0.4 is 5.32 Å². The van der Waals surface area contributed by atoms with Gasteiger partial charge in [-0.1, -0.05) is 35.5 Å². The van der Waals surface area contributed by atoms with Gasteiger partial charge in [-0.2, -0.15) is 0 Å². The van der Waals surface area contributed by atoms with Crippen molar-refractivity contribution in [2.45, 2.75) is 6.92 Å². The maximum Gasteiger partial charge on any atom is 0.358 e. The van der Waals surface area contributed by atoms with Crippen molar-refractivity contribution in [2.24, 2.45) is 0 Å². The molecule has 25 heavy (non-hydrogen) atoms. The molecule has 0 saturated heterocycles. The summed E-state index contributed by atoms with van der Waals surface area (Å²) in [7, 11) is 0. The number of carbonyl (C=O) groups is 2. The van der Waals surface area contributed by atoms with Gasteiger partial charge < -0.3 is 10.4 Å². The van der Waals surface area contributed by atoms with Gasteiger partial charge in [0.05, 0.1) is 5.69 Å². The smallest absolute Gasteiger partial charge is 0.358 e. The lowest BCUT2D eigenvalue weighted by Gasteiger charge is -2.08. The number of carboxylic acid groups (broad SMARTS) is 1. The first-order valence-corrected chi connectivity index (χ1v) is 7.75. The van der Waals surface area contributed by atoms with Gasteiger partial charge >= 0.3 is 5.97 Å². The Morgan fingerprint density at radius 3 is 2.36 bits per heavy atom. The van der Waals surface area contributed by atoms with E-state index in [1.807, 2.05) is 25.1 Å². The molecule has 7 heteroatoms. The van der Waals surface area contributed by atoms with Crippen molar-refractivity contribution in [3.8, 4) is 16.9 Å². The fourth-order valence-electron chi connectivity index (χ4n) is 2.48. The highest BCUT2D eigenvalue weighted by atomic mass is 16.4. The molecule has 1 heterocycles. The van der Waals surface area contributed by atoms with Crippen molar-refractivity contribution in [2.75, 3.05) is 6.54 Å². The molecule has 1 aromatic heterocycles. The molecule has 3 aromatic rings. The average Bonchev–Trinajstić information content (AvgIpc) is 3.08. The molecule has 0 aliphatic heterocycles. The predicted molar refractivity (Wildman–Crippen MR) is 91.8 cm³/mol. The van der Waals surface area contributed by atoms with E-state index < -0.39 is 5.97 Å². The monoisotopic (exact) mass is 336 g/mol. The summed E-state index contributed by atoms with van der Waals surface area (Å²) in [6, 6.07) is 15.8. The Bertz CT molecular complexity index is 902. The van der Waals surface area contributed by atoms with E-state index in [0.717, 1.165) is 0 Å². The molecule has 0 radical (unpaired) electrons. The van der Waals surface area contributed by atoms with Crippen molar-refractivity contribution in [3.05, 3.63) is 65.9 Å². The number of carboxylic acids is 1. The zero-order valence-corrected chi connectivity index (χ0v) is 13.5. The second kappa shape index (κ2) is 6.96. The van der Waals surface area contributed by atoms with Crippen LogP contribution in [0.4, 0.5) is 0 Å². The number of hydrogen-bond acceptors (Lipinski definition) is 4. The minimum Gasteiger partial charge on any atom is -0.476 e. The Morgan fingerprint density at radius 1 is 1.08 bits per heavy atom. The van der Waals surface area contributed by atoms with E-state index in [9.17, 15) is 14.7 Å². The van der Waals surface area contributed by atoms with Crippen LogP contribution in [0.25, 0.3) is 16.9 Å². The maximum atomic E-state index is 11.9. The van der Waals surface area contributed by atoms with Crippen LogP contribution in [-0.4, -0.2) is 38.5 Å². The van der Waals surface area contributed by atoms with Gasteiger partial charge in [-0.3, -0.25) is 4.79 Å². The lowest BCUT2D eigenvalue weighted by Crippen LogP contribution is -2.22. The highest BCUT2D eigenvalue weighted by Crippen LogP contribution is 2.25. The molecule has 1 amide bonds. The topological polar surface area (TPSA) is 97.1 Å². The van der Waals surface area contributed by atoms with Crippen LogP contribution in [0.3, 0.4) is 0 Å². The Labute approximate surface area is 143 Å². The van der Waals surface area contributed by atoms with Gasteiger partial charge in [0.2, 0.25) is 0 Å². The van der Waals surface area contributed by atoms with Crippen LogP contribution >= 0.6 is 0 Å². The first-order chi connectivity index (χ1) is 12.1. The van der Waals surface area contributed by atoms with Crippen LogP contribution in [0.15, 0.2) is 54.6 Å². The van der Waals surface area contributed by atoms with Crippen LogP contribution in [0.5, 0.6) is 0 Å². The molecule has 0 spiro atoms. The fourth-order valence-corrected chi connectivity index (χ4v) is 2.48. The molecule has 0 saturated carbocycles. The van der Waals surface area contributed by atoms with E-state index in [4.69, 9.17) is 0 Å². The molecule has 0 unspecified atom stereocenters. The molecule has 7 nitrogen and oxygen atoms in total. The minimum atomic E-state index is -1.15. The zero-order valence-electron chi connectivity index (χ0n) is 13.5. The molecule has 2 N–H and O–H groups in total. The Kier molecular flexibility index (Phi) is 4.56. The molecule has 0 bridgehead atoms. The number of hydrogen-bond donors (Lipinski definition) is 2. The highest BCUT2D eigenvalue weighted by molar-refractivity contribution is 5.95. The molecule has 0 aliphatic rings. The van der Waals surface area contributed by atoms with Gasteiger partial charge in [0.25, 0.3) is 5.91 Å². The molecule has 0 fully saturated rings. The summed E-state index contributed by atoms with van der Waals surface area (Å²) < 4.78 is 1.46. The lowest BCUT2D eigenvalue weighted by molar-refractivity contribution is 0.0691. The van der Waals surface area contributed by atoms with Crippen LogP contribution in [0.1, 0.15) is 27.8 Å². The van der Waals surface area contributed by atoms with Gasteiger partial charge in [0, 0.05) is 17.7 Å². The number of nitrogens with zero attached hydrogens (tertiary/aromatic N) is 3. The zero-order chi connectivity index (χ0) is 17.8. The van der Waals surface area contributed by atoms with Gasteiger partial charge in [0.1, 0.15) is 5.69 Å². The maximum absolute atomic E-state index is 11.9. The lowest BCUT2D eigenvalue weighted by atomic mass is 10.1. The van der Waals surface area contributed by atoms with Gasteiger partial charge in [-0.05, 0) is 31.2 Å². The molecular formula is C18H16N4O3. The fraction of sp³-hybridized carbons (Fsp3) is 0.111. The molecule has 0 aliphatic carbocycles. The summed E-state index contributed by atoms with van der Waals surface area (Å²) in [5, 5.41) is 19.9. The first kappa shape index (κ1) is 16.4. The minimum absolute atomic E-state index is 0.126. The van der Waals surface area contributed by atoms with E-state index in [2.05, 4.69) is 15.6 Å². The summed E-state index contributed by atoms with van der Waals surface area (Å²) in [5.74, 6) is -1.31. The van der Waals surface area contributed by atoms with Gasteiger partial charge in [0.15, 0.2) is 5.69 Å². The van der Waals surface area contributed by atoms with E-state index >= 15 is 0 Å². The van der Waals surface area contributed by atoms with E-state index in [0.29, 0.717) is 29.1 Å². The number of benzene rings is 2. The number of amides is 1. The summed E-state index contributed by atoms with van der Waals surface area (Å²) in [4.78, 5) is 23.3. The van der Waals surface area contributed by atoms with Crippen molar-refractivity contribution in [1.82, 2.24) is 20.3 Å². The summed E-state index contributed by atoms with van der Waals surface area (Å²) in [6.45, 7) is 2.39. The van der Waals surface area contributed by atoms with Crippen molar-refractivity contribution in [3.63, 3.8) is 0 Å². The van der Waals surface area contributed by atoms with Crippen molar-refractivity contribution >= 4 is 11.9 Å². The number of nitrogens with one attached hydrogen (secondary N) is 1. The van der Waals surface area contributed by atoms with E-state index in [1.165, 1.54) is 4.68 Å². The van der Waals surface area contributed by atoms with Gasteiger partial charge in [-0.15, -0.1) is 5.10 Å². The molecule has 2 aromatic carbocycles. The third-order valence-electron chi connectivity index (χ3n) is 3.63. The normalized spacial score (nSPS) is 10.4. The molecule has 3 rings (SSSR count). The highest BCUT2D eigenvalue weighted by Gasteiger charge is 2.21. The van der Waals surface area contributed by atoms with Crippen LogP contribution in [-0.2, 0) is 0 Å². The molecular weight excluding hydrogens is 320 g/mol. The first-order valence-electron chi connectivity index (χ1n) is 7.75. The standard InChI is InChI=1S/C18H16N4O3/c1-2-19-17(23)13-8-10-14(11-9-13)22-16(12-6-4-3-5-7-12)15(18(24)25)20-21-22/h3-11H,2H2,1H3,(H,19,23)(H,24,25). The number of rotatable bonds is 5. The summed E-state index contributed by atoms with van der Waals surface area (Å²) in [6.07, 6.45) is 0. The second-order valence-electron chi connectivity index (χ2n) is 5.28. The Hall–Kier alpha value is -3.48. The van der Waals surface area contributed by atoms with Crippen LogP contribution in [0.2, 0.25) is 0 Å². The third-order valence-corrected chi connectivity index (χ3v) is 3.63. The average molecular weight is 336 g/mol. The second-order valence-corrected chi connectivity index (χ2v) is 5.28. The Balaban J connectivity index is 2.06. The molecule has 126 valence electrons. The van der Waals surface area contributed by atoms with Crippen molar-refractivity contribution in [1.29, 1.82) is 0 Å². The number of carbonyl (C=O) groups excluding carboxylic acids is 1. The Morgan fingerprint density at radius 2 is 1.76 bits per heavy atom. The number of aromatic carboxylic acids is 1. The van der Waals surface area contributed by atoms with Crippen LogP contribution in [0, 0.1) is 0 Å².